The van der Waals surface area contributed by atoms with Gasteiger partial charge in [0.05, 0.1) is 23.5 Å². The molecular formula is C20H15Cl2F3N4OS2. The summed E-state index contributed by atoms with van der Waals surface area (Å²) < 4.78 is 41.3. The molecule has 2 heterocycles. The average molecular weight is 519 g/mol. The number of amides is 1. The molecule has 1 amide bonds. The van der Waals surface area contributed by atoms with Gasteiger partial charge in [0, 0.05) is 27.7 Å². The summed E-state index contributed by atoms with van der Waals surface area (Å²) >= 11 is 14.8. The van der Waals surface area contributed by atoms with E-state index >= 15 is 0 Å². The second-order valence-corrected chi connectivity index (χ2v) is 9.73. The largest absolute Gasteiger partial charge is 0.416 e. The molecule has 3 aromatic rings. The normalized spacial score (nSPS) is 14.1. The summed E-state index contributed by atoms with van der Waals surface area (Å²) in [5, 5.41) is 10.00. The van der Waals surface area contributed by atoms with E-state index in [9.17, 15) is 18.0 Å². The third kappa shape index (κ3) is 4.88. The fourth-order valence-electron chi connectivity index (χ4n) is 3.08. The highest BCUT2D eigenvalue weighted by Crippen LogP contribution is 2.40. The van der Waals surface area contributed by atoms with Crippen LogP contribution in [0.1, 0.15) is 17.0 Å². The zero-order valence-corrected chi connectivity index (χ0v) is 19.6. The van der Waals surface area contributed by atoms with Gasteiger partial charge >= 0.3 is 6.18 Å². The maximum atomic E-state index is 13.2. The first-order valence-electron chi connectivity index (χ1n) is 9.23. The van der Waals surface area contributed by atoms with E-state index in [1.54, 1.807) is 23.7 Å². The van der Waals surface area contributed by atoms with Gasteiger partial charge in [-0.15, -0.1) is 22.0 Å². The van der Waals surface area contributed by atoms with Gasteiger partial charge in [-0.25, -0.2) is 0 Å². The first-order chi connectivity index (χ1) is 15.1. The number of alkyl halides is 3. The van der Waals surface area contributed by atoms with Crippen LogP contribution in [-0.4, -0.2) is 26.4 Å². The van der Waals surface area contributed by atoms with E-state index < -0.39 is 11.7 Å². The van der Waals surface area contributed by atoms with Crippen molar-refractivity contribution < 1.29 is 18.0 Å². The van der Waals surface area contributed by atoms with Crippen molar-refractivity contribution in [3.05, 3.63) is 63.4 Å². The highest BCUT2D eigenvalue weighted by atomic mass is 35.5. The molecule has 0 bridgehead atoms. The minimum atomic E-state index is -4.50. The Kier molecular flexibility index (Phi) is 6.67. The molecule has 5 nitrogen and oxygen atoms in total. The highest BCUT2D eigenvalue weighted by molar-refractivity contribution is 8.00. The predicted octanol–water partition coefficient (Wildman–Crippen LogP) is 6.07. The highest BCUT2D eigenvalue weighted by Gasteiger charge is 2.34. The average Bonchev–Trinajstić information content (AvgIpc) is 3.08. The smallest absolute Gasteiger partial charge is 0.308 e. The number of thioether (sulfide) groups is 2. The molecule has 0 N–H and O–H groups in total. The number of hydrogen-bond acceptors (Lipinski definition) is 5. The van der Waals surface area contributed by atoms with Crippen molar-refractivity contribution in [3.8, 4) is 0 Å². The number of hydrogen-bond donors (Lipinski definition) is 0. The molecule has 1 aliphatic rings. The Bertz CT molecular complexity index is 1190. The Morgan fingerprint density at radius 3 is 2.66 bits per heavy atom. The number of rotatable bonds is 5. The summed E-state index contributed by atoms with van der Waals surface area (Å²) in [6.07, 6.45) is -4.50. The molecule has 0 radical (unpaired) electrons. The van der Waals surface area contributed by atoms with Crippen LogP contribution in [-0.2, 0) is 30.3 Å². The van der Waals surface area contributed by atoms with E-state index in [1.807, 2.05) is 6.07 Å². The predicted molar refractivity (Wildman–Crippen MR) is 120 cm³/mol. The van der Waals surface area contributed by atoms with E-state index in [0.29, 0.717) is 31.7 Å². The van der Waals surface area contributed by atoms with Gasteiger partial charge in [0.25, 0.3) is 0 Å². The summed E-state index contributed by atoms with van der Waals surface area (Å²) in [6.45, 7) is 0.0134. The number of aromatic nitrogens is 3. The second-order valence-electron chi connectivity index (χ2n) is 6.93. The number of carbonyl (C=O) groups is 1. The van der Waals surface area contributed by atoms with Crippen LogP contribution in [0, 0.1) is 0 Å². The molecule has 2 aromatic carbocycles. The monoisotopic (exact) mass is 518 g/mol. The van der Waals surface area contributed by atoms with Gasteiger partial charge in [0.2, 0.25) is 5.91 Å². The lowest BCUT2D eigenvalue weighted by Gasteiger charge is -2.29. The van der Waals surface area contributed by atoms with Crippen LogP contribution >= 0.6 is 46.7 Å². The third-order valence-corrected chi connectivity index (χ3v) is 7.53. The SMILES string of the molecule is Cn1c(CN2C(=O)CSc3ccc(C(F)(F)F)cc32)nnc1SCc1ccc(Cl)cc1Cl. The van der Waals surface area contributed by atoms with E-state index in [1.165, 1.54) is 34.5 Å². The fraction of sp³-hybridized carbons (Fsp3) is 0.250. The molecule has 0 unspecified atom stereocenters. The number of fused-ring (bicyclic) bond motifs is 1. The van der Waals surface area contributed by atoms with Crippen LogP contribution in [0.15, 0.2) is 46.5 Å². The molecule has 4 rings (SSSR count). The van der Waals surface area contributed by atoms with Crippen molar-refractivity contribution in [3.63, 3.8) is 0 Å². The molecule has 1 aromatic heterocycles. The topological polar surface area (TPSA) is 51.0 Å². The molecule has 0 saturated carbocycles. The summed E-state index contributed by atoms with van der Waals surface area (Å²) in [7, 11) is 1.75. The molecular weight excluding hydrogens is 504 g/mol. The molecule has 168 valence electrons. The zero-order chi connectivity index (χ0) is 23.0. The minimum absolute atomic E-state index is 0.0134. The number of anilines is 1. The van der Waals surface area contributed by atoms with Gasteiger partial charge < -0.3 is 9.47 Å². The van der Waals surface area contributed by atoms with Crippen LogP contribution in [0.3, 0.4) is 0 Å². The lowest BCUT2D eigenvalue weighted by atomic mass is 10.1. The lowest BCUT2D eigenvalue weighted by molar-refractivity contribution is -0.137. The molecule has 12 heteroatoms. The van der Waals surface area contributed by atoms with Crippen molar-refractivity contribution in [1.29, 1.82) is 0 Å². The Balaban J connectivity index is 1.55. The number of carbonyl (C=O) groups excluding carboxylic acids is 1. The van der Waals surface area contributed by atoms with E-state index in [2.05, 4.69) is 10.2 Å². The van der Waals surface area contributed by atoms with Crippen LogP contribution in [0.4, 0.5) is 18.9 Å². The maximum Gasteiger partial charge on any atom is 0.416 e. The summed E-state index contributed by atoms with van der Waals surface area (Å²) in [5.74, 6) is 0.844. The Hall–Kier alpha value is -1.88. The van der Waals surface area contributed by atoms with Gasteiger partial charge in [-0.3, -0.25) is 4.79 Å². The van der Waals surface area contributed by atoms with Gasteiger partial charge in [-0.2, -0.15) is 13.2 Å². The minimum Gasteiger partial charge on any atom is -0.308 e. The van der Waals surface area contributed by atoms with Crippen LogP contribution in [0.25, 0.3) is 0 Å². The lowest BCUT2D eigenvalue weighted by Crippen LogP contribution is -2.36. The summed E-state index contributed by atoms with van der Waals surface area (Å²) in [5.41, 5.74) is 0.305. The zero-order valence-electron chi connectivity index (χ0n) is 16.5. The van der Waals surface area contributed by atoms with Gasteiger partial charge in [0.15, 0.2) is 11.0 Å². The first-order valence-corrected chi connectivity index (χ1v) is 12.0. The standard InChI is InChI=1S/C20H15Cl2F3N4OS2/c1-28-17(26-27-19(28)32-9-11-2-4-13(21)7-14(11)22)8-29-15-6-12(20(23,24)25)3-5-16(15)31-10-18(29)30/h2-7H,8-10H2,1H3. The molecule has 0 atom stereocenters. The van der Waals surface area contributed by atoms with E-state index in [4.69, 9.17) is 23.2 Å². The van der Waals surface area contributed by atoms with Crippen molar-refractivity contribution in [1.82, 2.24) is 14.8 Å². The number of halogens is 5. The maximum absolute atomic E-state index is 13.2. The summed E-state index contributed by atoms with van der Waals surface area (Å²) in [4.78, 5) is 14.5. The van der Waals surface area contributed by atoms with Crippen LogP contribution < -0.4 is 4.90 Å². The third-order valence-electron chi connectivity index (χ3n) is 4.83. The van der Waals surface area contributed by atoms with Crippen molar-refractivity contribution in [2.75, 3.05) is 10.7 Å². The van der Waals surface area contributed by atoms with Gasteiger partial charge in [0.1, 0.15) is 0 Å². The number of benzene rings is 2. The quantitative estimate of drug-likeness (QED) is 0.383. The Labute approximate surface area is 200 Å². The Morgan fingerprint density at radius 1 is 1.16 bits per heavy atom. The van der Waals surface area contributed by atoms with Gasteiger partial charge in [-0.1, -0.05) is 41.0 Å². The first kappa shape index (κ1) is 23.3. The van der Waals surface area contributed by atoms with Crippen LogP contribution in [0.5, 0.6) is 0 Å². The molecule has 1 aliphatic heterocycles. The van der Waals surface area contributed by atoms with E-state index in [0.717, 1.165) is 17.7 Å². The number of nitrogens with zero attached hydrogens (tertiary/aromatic N) is 4. The van der Waals surface area contributed by atoms with Gasteiger partial charge in [-0.05, 0) is 35.9 Å². The van der Waals surface area contributed by atoms with Crippen molar-refractivity contribution in [2.24, 2.45) is 7.05 Å². The van der Waals surface area contributed by atoms with Crippen LogP contribution in [0.2, 0.25) is 10.0 Å². The summed E-state index contributed by atoms with van der Waals surface area (Å²) in [6, 6.07) is 8.67. The fourth-order valence-corrected chi connectivity index (χ4v) is 5.49. The molecule has 0 aliphatic carbocycles. The van der Waals surface area contributed by atoms with Crippen molar-refractivity contribution in [2.45, 2.75) is 28.5 Å². The van der Waals surface area contributed by atoms with E-state index in [-0.39, 0.29) is 23.9 Å². The molecule has 0 spiro atoms. The molecule has 0 fully saturated rings. The molecule has 0 saturated heterocycles. The molecule has 32 heavy (non-hydrogen) atoms. The second kappa shape index (κ2) is 9.17. The van der Waals surface area contributed by atoms with Crippen molar-refractivity contribution >= 4 is 58.3 Å². The Morgan fingerprint density at radius 2 is 1.94 bits per heavy atom.